The number of amides is 1. The Labute approximate surface area is 187 Å². The molecule has 3 rings (SSSR count). The average Bonchev–Trinajstić information content (AvgIpc) is 2.70. The summed E-state index contributed by atoms with van der Waals surface area (Å²) in [4.78, 5) is 11.7. The number of benzene rings is 3. The monoisotopic (exact) mass is 470 g/mol. The zero-order valence-corrected chi connectivity index (χ0v) is 19.3. The Morgan fingerprint density at radius 2 is 1.41 bits per heavy atom. The molecule has 0 bridgehead atoms. The van der Waals surface area contributed by atoms with E-state index < -0.39 is 35.7 Å². The van der Waals surface area contributed by atoms with Crippen molar-refractivity contribution in [2.45, 2.75) is 30.6 Å². The first kappa shape index (κ1) is 23.5. The third-order valence-electron chi connectivity index (χ3n) is 4.41. The summed E-state index contributed by atoms with van der Waals surface area (Å²) in [5.74, 6) is 5.35. The highest BCUT2D eigenvalue weighted by Crippen LogP contribution is 2.25. The second-order valence-corrected chi connectivity index (χ2v) is 11.3. The first-order valence-electron chi connectivity index (χ1n) is 9.53. The molecular formula is C23H22N2O5S2. The van der Waals surface area contributed by atoms with Gasteiger partial charge in [-0.3, -0.25) is 4.79 Å². The van der Waals surface area contributed by atoms with Gasteiger partial charge in [-0.1, -0.05) is 48.2 Å². The minimum atomic E-state index is -4.52. The molecule has 3 aromatic rings. The van der Waals surface area contributed by atoms with Crippen LogP contribution in [0, 0.1) is 17.3 Å². The summed E-state index contributed by atoms with van der Waals surface area (Å²) in [6.45, 7) is 5.94. The molecule has 0 saturated heterocycles. The van der Waals surface area contributed by atoms with Gasteiger partial charge in [0.05, 0.1) is 0 Å². The van der Waals surface area contributed by atoms with E-state index in [9.17, 15) is 21.6 Å². The third-order valence-corrected chi connectivity index (χ3v) is 6.90. The topological polar surface area (TPSA) is 123 Å². The summed E-state index contributed by atoms with van der Waals surface area (Å²) in [7, 11) is -8.84. The number of hydrogen-bond donors (Lipinski definition) is 2. The van der Waals surface area contributed by atoms with Crippen LogP contribution in [0.4, 0.5) is 0 Å². The Bertz CT molecular complexity index is 1490. The van der Waals surface area contributed by atoms with E-state index in [2.05, 4.69) is 11.8 Å². The second-order valence-electron chi connectivity index (χ2n) is 8.13. The quantitative estimate of drug-likeness (QED) is 0.568. The number of carbonyl (C=O) groups is 1. The Morgan fingerprint density at radius 1 is 0.844 bits per heavy atom. The number of rotatable bonds is 4. The molecule has 32 heavy (non-hydrogen) atoms. The second kappa shape index (κ2) is 8.39. The lowest BCUT2D eigenvalue weighted by Crippen LogP contribution is -2.32. The fourth-order valence-corrected chi connectivity index (χ4v) is 5.35. The molecule has 0 fully saturated rings. The van der Waals surface area contributed by atoms with Crippen molar-refractivity contribution in [3.8, 4) is 11.8 Å². The SMILES string of the molecule is CC(C)(C)C#Cc1ccc(C(=O)NS(=O)(=O)c2ccccc2S(N)(=O)=O)c2ccccc12. The number of sulfonamides is 2. The number of hydrogen-bond acceptors (Lipinski definition) is 5. The van der Waals surface area contributed by atoms with Crippen LogP contribution < -0.4 is 9.86 Å². The van der Waals surface area contributed by atoms with E-state index >= 15 is 0 Å². The maximum absolute atomic E-state index is 12.9. The molecule has 0 aliphatic rings. The van der Waals surface area contributed by atoms with Gasteiger partial charge in [-0.2, -0.15) is 0 Å². The number of nitrogens with two attached hydrogens (primary N) is 1. The molecule has 0 unspecified atom stereocenters. The molecule has 0 atom stereocenters. The Hall–Kier alpha value is -3.19. The van der Waals surface area contributed by atoms with Gasteiger partial charge in [0.15, 0.2) is 0 Å². The van der Waals surface area contributed by atoms with Crippen LogP contribution in [0.3, 0.4) is 0 Å². The lowest BCUT2D eigenvalue weighted by atomic mass is 9.95. The van der Waals surface area contributed by atoms with Crippen LogP contribution in [0.25, 0.3) is 10.8 Å². The maximum Gasteiger partial charge on any atom is 0.265 e. The molecule has 0 saturated carbocycles. The van der Waals surface area contributed by atoms with E-state index in [-0.39, 0.29) is 11.0 Å². The molecule has 0 aliphatic heterocycles. The molecule has 1 amide bonds. The van der Waals surface area contributed by atoms with Crippen molar-refractivity contribution in [1.82, 2.24) is 4.72 Å². The van der Waals surface area contributed by atoms with Crippen molar-refractivity contribution in [2.24, 2.45) is 10.6 Å². The van der Waals surface area contributed by atoms with Gasteiger partial charge in [-0.15, -0.1) is 0 Å². The summed E-state index contributed by atoms with van der Waals surface area (Å²) >= 11 is 0. The van der Waals surface area contributed by atoms with Crippen LogP contribution in [-0.2, 0) is 20.0 Å². The first-order valence-corrected chi connectivity index (χ1v) is 12.6. The lowest BCUT2D eigenvalue weighted by Gasteiger charge is -2.12. The van der Waals surface area contributed by atoms with Crippen LogP contribution in [0.5, 0.6) is 0 Å². The van der Waals surface area contributed by atoms with Gasteiger partial charge in [-0.25, -0.2) is 26.7 Å². The van der Waals surface area contributed by atoms with Crippen LogP contribution >= 0.6 is 0 Å². The summed E-state index contributed by atoms with van der Waals surface area (Å²) in [6.07, 6.45) is 0. The van der Waals surface area contributed by atoms with Gasteiger partial charge in [0.1, 0.15) is 9.79 Å². The van der Waals surface area contributed by atoms with Gasteiger partial charge < -0.3 is 0 Å². The Kier molecular flexibility index (Phi) is 6.15. The van der Waals surface area contributed by atoms with E-state index in [1.54, 1.807) is 30.3 Å². The fraction of sp³-hybridized carbons (Fsp3) is 0.174. The predicted molar refractivity (Wildman–Crippen MR) is 123 cm³/mol. The predicted octanol–water partition coefficient (Wildman–Crippen LogP) is 3.00. The van der Waals surface area contributed by atoms with Crippen molar-refractivity contribution in [3.63, 3.8) is 0 Å². The molecule has 0 spiro atoms. The van der Waals surface area contributed by atoms with E-state index in [1.165, 1.54) is 18.2 Å². The maximum atomic E-state index is 12.9. The third kappa shape index (κ3) is 5.16. The number of carbonyl (C=O) groups excluding carboxylic acids is 1. The van der Waals surface area contributed by atoms with E-state index in [4.69, 9.17) is 5.14 Å². The first-order chi connectivity index (χ1) is 14.8. The summed E-state index contributed by atoms with van der Waals surface area (Å²) < 4.78 is 51.2. The van der Waals surface area contributed by atoms with Gasteiger partial charge in [0, 0.05) is 16.5 Å². The fourth-order valence-electron chi connectivity index (χ4n) is 3.00. The zero-order valence-electron chi connectivity index (χ0n) is 17.7. The average molecular weight is 471 g/mol. The van der Waals surface area contributed by atoms with Gasteiger partial charge in [0.25, 0.3) is 15.9 Å². The zero-order chi connectivity index (χ0) is 23.7. The van der Waals surface area contributed by atoms with Crippen LogP contribution in [0.15, 0.2) is 70.5 Å². The van der Waals surface area contributed by atoms with E-state index in [0.29, 0.717) is 16.3 Å². The van der Waals surface area contributed by atoms with Crippen LogP contribution in [0.1, 0.15) is 36.7 Å². The highest BCUT2D eigenvalue weighted by atomic mass is 32.2. The Morgan fingerprint density at radius 3 is 2.00 bits per heavy atom. The van der Waals surface area contributed by atoms with E-state index in [1.807, 2.05) is 25.5 Å². The lowest BCUT2D eigenvalue weighted by molar-refractivity contribution is 0.0983. The molecule has 0 aliphatic carbocycles. The van der Waals surface area contributed by atoms with Crippen LogP contribution in [0.2, 0.25) is 0 Å². The van der Waals surface area contributed by atoms with Crippen molar-refractivity contribution in [3.05, 3.63) is 71.8 Å². The number of nitrogens with one attached hydrogen (secondary N) is 1. The van der Waals surface area contributed by atoms with Crippen molar-refractivity contribution in [2.75, 3.05) is 0 Å². The van der Waals surface area contributed by atoms with Crippen molar-refractivity contribution >= 4 is 36.7 Å². The van der Waals surface area contributed by atoms with Gasteiger partial charge >= 0.3 is 0 Å². The Balaban J connectivity index is 2.06. The minimum absolute atomic E-state index is 0.110. The molecular weight excluding hydrogens is 448 g/mol. The summed E-state index contributed by atoms with van der Waals surface area (Å²) in [5.41, 5.74) is 0.593. The molecule has 3 N–H and O–H groups in total. The molecule has 0 radical (unpaired) electrons. The van der Waals surface area contributed by atoms with Crippen LogP contribution in [-0.4, -0.2) is 22.7 Å². The van der Waals surface area contributed by atoms with Gasteiger partial charge in [-0.05, 0) is 55.8 Å². The summed E-state index contributed by atoms with van der Waals surface area (Å²) in [5, 5.41) is 6.34. The smallest absolute Gasteiger partial charge is 0.265 e. The highest BCUT2D eigenvalue weighted by molar-refractivity contribution is 7.92. The minimum Gasteiger partial charge on any atom is -0.268 e. The molecule has 9 heteroatoms. The van der Waals surface area contributed by atoms with Gasteiger partial charge in [0.2, 0.25) is 10.0 Å². The summed E-state index contributed by atoms with van der Waals surface area (Å²) in [6, 6.07) is 15.0. The molecule has 166 valence electrons. The number of fused-ring (bicyclic) bond motifs is 1. The van der Waals surface area contributed by atoms with E-state index in [0.717, 1.165) is 12.1 Å². The van der Waals surface area contributed by atoms with Crippen molar-refractivity contribution < 1.29 is 21.6 Å². The molecule has 3 aromatic carbocycles. The largest absolute Gasteiger partial charge is 0.268 e. The molecule has 0 heterocycles. The highest BCUT2D eigenvalue weighted by Gasteiger charge is 2.26. The number of primary sulfonamides is 1. The molecule has 7 nitrogen and oxygen atoms in total. The molecule has 0 aromatic heterocycles. The van der Waals surface area contributed by atoms with Crippen molar-refractivity contribution in [1.29, 1.82) is 0 Å². The standard InChI is InChI=1S/C23H22N2O5S2/c1-23(2,3)15-14-16-12-13-19(18-9-5-4-8-17(16)18)22(26)25-32(29,30)21-11-7-6-10-20(21)31(24,27)28/h4-13H,1-3H3,(H,25,26)(H2,24,27,28). The normalized spacial score (nSPS) is 12.1.